The lowest BCUT2D eigenvalue weighted by atomic mass is 10.2. The van der Waals surface area contributed by atoms with Crippen LogP contribution in [0.25, 0.3) is 0 Å². The van der Waals surface area contributed by atoms with Crippen molar-refractivity contribution in [2.75, 3.05) is 11.9 Å². The first kappa shape index (κ1) is 12.0. The molecule has 0 amide bonds. The van der Waals surface area contributed by atoms with E-state index in [4.69, 9.17) is 5.11 Å². The van der Waals surface area contributed by atoms with Gasteiger partial charge in [0.15, 0.2) is 5.13 Å². The Kier molecular flexibility index (Phi) is 4.08. The molecular formula is C10H16N2O2S. The van der Waals surface area contributed by atoms with E-state index in [9.17, 15) is 4.79 Å². The quantitative estimate of drug-likeness (QED) is 0.810. The van der Waals surface area contributed by atoms with Gasteiger partial charge in [0.1, 0.15) is 0 Å². The summed E-state index contributed by atoms with van der Waals surface area (Å²) in [6, 6.07) is 0. The van der Waals surface area contributed by atoms with E-state index in [0.717, 1.165) is 22.2 Å². The van der Waals surface area contributed by atoms with Gasteiger partial charge < -0.3 is 10.4 Å². The molecule has 0 aliphatic heterocycles. The molecule has 0 aliphatic rings. The summed E-state index contributed by atoms with van der Waals surface area (Å²) in [4.78, 5) is 15.7. The number of hydrogen-bond acceptors (Lipinski definition) is 4. The minimum Gasteiger partial charge on any atom is -0.481 e. The van der Waals surface area contributed by atoms with Crippen molar-refractivity contribution in [3.05, 3.63) is 10.6 Å². The third kappa shape index (κ3) is 3.87. The second-order valence-electron chi connectivity index (χ2n) is 3.87. The van der Waals surface area contributed by atoms with E-state index in [-0.39, 0.29) is 6.42 Å². The molecule has 0 aliphatic carbocycles. The van der Waals surface area contributed by atoms with Crippen LogP contribution in [0.3, 0.4) is 0 Å². The molecule has 0 bridgehead atoms. The first-order valence-electron chi connectivity index (χ1n) is 4.91. The number of nitrogens with zero attached hydrogens (tertiary/aromatic N) is 1. The monoisotopic (exact) mass is 228 g/mol. The van der Waals surface area contributed by atoms with Crippen molar-refractivity contribution in [3.63, 3.8) is 0 Å². The van der Waals surface area contributed by atoms with E-state index < -0.39 is 5.97 Å². The average Bonchev–Trinajstić information content (AvgIpc) is 2.43. The van der Waals surface area contributed by atoms with Gasteiger partial charge >= 0.3 is 5.97 Å². The normalized spacial score (nSPS) is 10.7. The second-order valence-corrected chi connectivity index (χ2v) is 4.96. The Morgan fingerprint density at radius 2 is 2.27 bits per heavy atom. The van der Waals surface area contributed by atoms with Crippen LogP contribution >= 0.6 is 11.3 Å². The van der Waals surface area contributed by atoms with Crippen LogP contribution in [0.2, 0.25) is 0 Å². The Bertz CT molecular complexity index is 347. The molecule has 0 unspecified atom stereocenters. The Balaban J connectivity index is 2.64. The van der Waals surface area contributed by atoms with E-state index >= 15 is 0 Å². The number of aliphatic carboxylic acids is 1. The molecule has 0 saturated heterocycles. The highest BCUT2D eigenvalue weighted by molar-refractivity contribution is 7.15. The predicted molar refractivity (Wildman–Crippen MR) is 61.5 cm³/mol. The number of aryl methyl sites for hydroxylation is 1. The molecule has 2 N–H and O–H groups in total. The largest absolute Gasteiger partial charge is 0.481 e. The molecule has 0 spiro atoms. The van der Waals surface area contributed by atoms with Crippen LogP contribution in [0.1, 0.15) is 24.4 Å². The average molecular weight is 228 g/mol. The molecule has 0 radical (unpaired) electrons. The van der Waals surface area contributed by atoms with Crippen LogP contribution in [0.4, 0.5) is 5.13 Å². The Morgan fingerprint density at radius 1 is 1.60 bits per heavy atom. The summed E-state index contributed by atoms with van der Waals surface area (Å²) in [5.41, 5.74) is 0.814. The number of carbonyl (C=O) groups is 1. The van der Waals surface area contributed by atoms with Gasteiger partial charge in [-0.2, -0.15) is 0 Å². The molecule has 15 heavy (non-hydrogen) atoms. The summed E-state index contributed by atoms with van der Waals surface area (Å²) in [7, 11) is 0. The maximum Gasteiger partial charge on any atom is 0.308 e. The highest BCUT2D eigenvalue weighted by Crippen LogP contribution is 2.23. The topological polar surface area (TPSA) is 62.2 Å². The lowest BCUT2D eigenvalue weighted by Crippen LogP contribution is -2.07. The first-order chi connectivity index (χ1) is 6.99. The van der Waals surface area contributed by atoms with Gasteiger partial charge in [-0.3, -0.25) is 4.79 Å². The molecule has 5 heteroatoms. The predicted octanol–water partition coefficient (Wildman–Crippen LogP) is 2.15. The van der Waals surface area contributed by atoms with Crippen molar-refractivity contribution in [3.8, 4) is 0 Å². The van der Waals surface area contributed by atoms with Gasteiger partial charge in [-0.15, -0.1) is 11.3 Å². The summed E-state index contributed by atoms with van der Waals surface area (Å²) in [5.74, 6) is -0.255. The minimum absolute atomic E-state index is 0.0624. The molecule has 1 heterocycles. The van der Waals surface area contributed by atoms with Crippen LogP contribution in [-0.2, 0) is 11.2 Å². The van der Waals surface area contributed by atoms with E-state index in [1.54, 1.807) is 0 Å². The van der Waals surface area contributed by atoms with Crippen LogP contribution in [0.5, 0.6) is 0 Å². The minimum atomic E-state index is -0.808. The fraction of sp³-hybridized carbons (Fsp3) is 0.600. The molecule has 0 fully saturated rings. The Labute approximate surface area is 93.4 Å². The molecule has 1 rings (SSSR count). The Hall–Kier alpha value is -1.10. The maximum absolute atomic E-state index is 10.6. The van der Waals surface area contributed by atoms with Crippen LogP contribution in [0.15, 0.2) is 0 Å². The second kappa shape index (κ2) is 5.11. The lowest BCUT2D eigenvalue weighted by molar-refractivity contribution is -0.136. The first-order valence-corrected chi connectivity index (χ1v) is 5.72. The molecule has 1 aromatic rings. The summed E-state index contributed by atoms with van der Waals surface area (Å²) >= 11 is 1.43. The van der Waals surface area contributed by atoms with E-state index in [2.05, 4.69) is 24.1 Å². The van der Waals surface area contributed by atoms with Crippen molar-refractivity contribution in [1.82, 2.24) is 4.98 Å². The number of rotatable bonds is 5. The zero-order valence-electron chi connectivity index (χ0n) is 9.20. The van der Waals surface area contributed by atoms with Gasteiger partial charge in [-0.1, -0.05) is 13.8 Å². The third-order valence-corrected chi connectivity index (χ3v) is 2.98. The number of hydrogen-bond donors (Lipinski definition) is 2. The molecule has 84 valence electrons. The number of thiazole rings is 1. The molecular weight excluding hydrogens is 212 g/mol. The fourth-order valence-electron chi connectivity index (χ4n) is 1.10. The van der Waals surface area contributed by atoms with Crippen molar-refractivity contribution in [2.45, 2.75) is 27.2 Å². The smallest absolute Gasteiger partial charge is 0.308 e. The molecule has 0 aromatic carbocycles. The van der Waals surface area contributed by atoms with Crippen LogP contribution < -0.4 is 5.32 Å². The molecule has 1 aromatic heterocycles. The number of nitrogens with one attached hydrogen (secondary N) is 1. The lowest BCUT2D eigenvalue weighted by Gasteiger charge is -2.04. The van der Waals surface area contributed by atoms with Gasteiger partial charge in [-0.05, 0) is 12.8 Å². The van der Waals surface area contributed by atoms with Gasteiger partial charge in [0.25, 0.3) is 0 Å². The molecule has 0 atom stereocenters. The van der Waals surface area contributed by atoms with Crippen LogP contribution in [-0.4, -0.2) is 22.6 Å². The van der Waals surface area contributed by atoms with Crippen LogP contribution in [0, 0.1) is 12.8 Å². The molecule has 0 saturated carbocycles. The van der Waals surface area contributed by atoms with Crippen molar-refractivity contribution < 1.29 is 9.90 Å². The third-order valence-electron chi connectivity index (χ3n) is 1.87. The summed E-state index contributed by atoms with van der Waals surface area (Å²) in [6.45, 7) is 6.94. The fourth-order valence-corrected chi connectivity index (χ4v) is 2.06. The molecule has 4 nitrogen and oxygen atoms in total. The van der Waals surface area contributed by atoms with Crippen molar-refractivity contribution in [2.24, 2.45) is 5.92 Å². The van der Waals surface area contributed by atoms with Gasteiger partial charge in [0.2, 0.25) is 0 Å². The van der Waals surface area contributed by atoms with E-state index in [0.29, 0.717) is 5.92 Å². The standard InChI is InChI=1S/C10H16N2O2S/c1-6(2)5-11-10-12-7(3)8(15-10)4-9(13)14/h6H,4-5H2,1-3H3,(H,11,12)(H,13,14). The summed E-state index contributed by atoms with van der Waals surface area (Å²) in [6.07, 6.45) is 0.0624. The zero-order chi connectivity index (χ0) is 11.4. The summed E-state index contributed by atoms with van der Waals surface area (Å²) in [5, 5.41) is 12.7. The van der Waals surface area contributed by atoms with Crippen molar-refractivity contribution in [1.29, 1.82) is 0 Å². The number of aromatic nitrogens is 1. The Morgan fingerprint density at radius 3 is 2.80 bits per heavy atom. The number of carboxylic acid groups (broad SMARTS) is 1. The maximum atomic E-state index is 10.6. The van der Waals surface area contributed by atoms with Crippen molar-refractivity contribution >= 4 is 22.4 Å². The highest BCUT2D eigenvalue weighted by Gasteiger charge is 2.10. The van der Waals surface area contributed by atoms with E-state index in [1.165, 1.54) is 11.3 Å². The SMILES string of the molecule is Cc1nc(NCC(C)C)sc1CC(=O)O. The van der Waals surface area contributed by atoms with Gasteiger partial charge in [0, 0.05) is 11.4 Å². The number of carboxylic acids is 1. The summed E-state index contributed by atoms with van der Waals surface area (Å²) < 4.78 is 0. The highest BCUT2D eigenvalue weighted by atomic mass is 32.1. The number of anilines is 1. The van der Waals surface area contributed by atoms with Gasteiger partial charge in [0.05, 0.1) is 12.1 Å². The van der Waals surface area contributed by atoms with E-state index in [1.807, 2.05) is 6.92 Å². The van der Waals surface area contributed by atoms with Gasteiger partial charge in [-0.25, -0.2) is 4.98 Å². The zero-order valence-corrected chi connectivity index (χ0v) is 10.0.